The van der Waals surface area contributed by atoms with Gasteiger partial charge in [-0.3, -0.25) is 18.8 Å². The first-order chi connectivity index (χ1) is 14.1. The molecule has 13 heteroatoms. The smallest absolute Gasteiger partial charge is 0.326 e. The van der Waals surface area contributed by atoms with Gasteiger partial charge in [0.15, 0.2) is 5.96 Å². The Labute approximate surface area is 179 Å². The fraction of sp³-hybridized carbons (Fsp3) is 0.765. The first-order valence-corrected chi connectivity index (χ1v) is 11.5. The number of aliphatic carboxylic acids is 1. The first-order valence-electron chi connectivity index (χ1n) is 9.73. The average Bonchev–Trinajstić information content (AvgIpc) is 2.66. The van der Waals surface area contributed by atoms with Crippen molar-refractivity contribution in [1.29, 1.82) is 0 Å². The van der Waals surface area contributed by atoms with Gasteiger partial charge in [0, 0.05) is 29.4 Å². The second kappa shape index (κ2) is 15.6. The second-order valence-corrected chi connectivity index (χ2v) is 8.42. The van der Waals surface area contributed by atoms with Crippen molar-refractivity contribution >= 4 is 34.5 Å². The van der Waals surface area contributed by atoms with Gasteiger partial charge in [-0.2, -0.15) is 0 Å². The van der Waals surface area contributed by atoms with Crippen LogP contribution in [-0.2, 0) is 25.2 Å². The fourth-order valence-corrected chi connectivity index (χ4v) is 3.08. The summed E-state index contributed by atoms with van der Waals surface area (Å²) in [5, 5.41) is 14.4. The van der Waals surface area contributed by atoms with Crippen LogP contribution < -0.4 is 33.6 Å². The molecule has 0 rings (SSSR count). The highest BCUT2D eigenvalue weighted by Gasteiger charge is 2.27. The number of unbranched alkanes of at least 4 members (excludes halogenated alkanes) is 1. The predicted octanol–water partition coefficient (Wildman–Crippen LogP) is -2.68. The van der Waals surface area contributed by atoms with Gasteiger partial charge in [0.2, 0.25) is 11.8 Å². The number of nitrogens with one attached hydrogen (secondary N) is 2. The molecule has 0 heterocycles. The molecule has 0 radical (unpaired) electrons. The number of carbonyl (C=O) groups is 3. The lowest BCUT2D eigenvalue weighted by Gasteiger charge is -2.23. The molecular formula is C17H35N7O5S. The van der Waals surface area contributed by atoms with E-state index in [1.165, 1.54) is 6.26 Å². The van der Waals surface area contributed by atoms with E-state index in [0.29, 0.717) is 25.8 Å². The summed E-state index contributed by atoms with van der Waals surface area (Å²) < 4.78 is 11.2. The van der Waals surface area contributed by atoms with Crippen molar-refractivity contribution in [2.45, 2.75) is 56.7 Å². The van der Waals surface area contributed by atoms with Crippen LogP contribution in [0.1, 0.15) is 38.5 Å². The quantitative estimate of drug-likeness (QED) is 0.0738. The molecule has 12 nitrogen and oxygen atoms in total. The third-order valence-corrected chi connectivity index (χ3v) is 5.00. The van der Waals surface area contributed by atoms with Crippen molar-refractivity contribution in [3.63, 3.8) is 0 Å². The van der Waals surface area contributed by atoms with Crippen molar-refractivity contribution < 1.29 is 23.7 Å². The number of amides is 2. The van der Waals surface area contributed by atoms with Gasteiger partial charge in [-0.05, 0) is 45.1 Å². The highest BCUT2D eigenvalue weighted by Crippen LogP contribution is 2.05. The molecule has 0 aliphatic heterocycles. The number of nitrogens with two attached hydrogens (primary N) is 4. The van der Waals surface area contributed by atoms with E-state index < -0.39 is 46.7 Å². The maximum atomic E-state index is 12.6. The van der Waals surface area contributed by atoms with E-state index >= 15 is 0 Å². The Hall–Kier alpha value is -2.25. The van der Waals surface area contributed by atoms with Crippen LogP contribution in [-0.4, -0.2) is 76.3 Å². The van der Waals surface area contributed by atoms with Crippen molar-refractivity contribution in [3.8, 4) is 0 Å². The van der Waals surface area contributed by atoms with Crippen molar-refractivity contribution in [2.24, 2.45) is 27.9 Å². The molecule has 0 bridgehead atoms. The second-order valence-electron chi connectivity index (χ2n) is 6.87. The zero-order valence-corrected chi connectivity index (χ0v) is 18.2. The van der Waals surface area contributed by atoms with Gasteiger partial charge in [-0.15, -0.1) is 0 Å². The number of carboxylic acid groups (broad SMARTS) is 1. The number of nitrogens with zero attached hydrogens (tertiary/aromatic N) is 1. The lowest BCUT2D eigenvalue weighted by molar-refractivity contribution is -0.142. The number of carboxylic acids is 1. The van der Waals surface area contributed by atoms with E-state index in [1.807, 2.05) is 0 Å². The largest absolute Gasteiger partial charge is 0.480 e. The summed E-state index contributed by atoms with van der Waals surface area (Å²) in [5.74, 6) is -2.23. The van der Waals surface area contributed by atoms with Crippen LogP contribution >= 0.6 is 0 Å². The summed E-state index contributed by atoms with van der Waals surface area (Å²) in [4.78, 5) is 40.2. The minimum Gasteiger partial charge on any atom is -0.480 e. The first kappa shape index (κ1) is 27.8. The van der Waals surface area contributed by atoms with E-state index in [0.717, 1.165) is 0 Å². The van der Waals surface area contributed by atoms with Gasteiger partial charge in [-0.1, -0.05) is 0 Å². The topological polar surface area (TPSA) is 229 Å². The van der Waals surface area contributed by atoms with E-state index in [-0.39, 0.29) is 37.5 Å². The molecule has 0 saturated carbocycles. The molecular weight excluding hydrogens is 414 g/mol. The van der Waals surface area contributed by atoms with Crippen LogP contribution in [0.2, 0.25) is 0 Å². The normalized spacial score (nSPS) is 14.8. The molecule has 0 aliphatic carbocycles. The minimum atomic E-state index is -1.21. The molecule has 4 unspecified atom stereocenters. The molecule has 0 aromatic heterocycles. The maximum absolute atomic E-state index is 12.6. The van der Waals surface area contributed by atoms with Crippen LogP contribution in [0.5, 0.6) is 0 Å². The van der Waals surface area contributed by atoms with Crippen LogP contribution in [0.4, 0.5) is 0 Å². The Bertz CT molecular complexity index is 613. The number of aliphatic imine (C=N–C) groups is 1. The van der Waals surface area contributed by atoms with Crippen LogP contribution in [0, 0.1) is 0 Å². The molecule has 0 aromatic rings. The summed E-state index contributed by atoms with van der Waals surface area (Å²) in [6, 6.07) is -3.04. The van der Waals surface area contributed by atoms with E-state index in [4.69, 9.17) is 22.9 Å². The number of carbonyl (C=O) groups excluding carboxylic acids is 2. The van der Waals surface area contributed by atoms with Crippen LogP contribution in [0.25, 0.3) is 0 Å². The molecule has 0 aromatic carbocycles. The van der Waals surface area contributed by atoms with Crippen LogP contribution in [0.3, 0.4) is 0 Å². The highest BCUT2D eigenvalue weighted by molar-refractivity contribution is 7.84. The number of rotatable bonds is 16. The molecule has 0 spiro atoms. The van der Waals surface area contributed by atoms with E-state index in [9.17, 15) is 23.7 Å². The van der Waals surface area contributed by atoms with Crippen molar-refractivity contribution in [1.82, 2.24) is 10.6 Å². The predicted molar refractivity (Wildman–Crippen MR) is 116 cm³/mol. The van der Waals surface area contributed by atoms with Crippen molar-refractivity contribution in [3.05, 3.63) is 0 Å². The molecule has 2 amide bonds. The van der Waals surface area contributed by atoms with Crippen molar-refractivity contribution in [2.75, 3.05) is 25.1 Å². The molecule has 11 N–H and O–H groups in total. The Kier molecular flexibility index (Phi) is 14.4. The minimum absolute atomic E-state index is 0.100. The summed E-state index contributed by atoms with van der Waals surface area (Å²) >= 11 is 0. The Morgan fingerprint density at radius 1 is 1.00 bits per heavy atom. The van der Waals surface area contributed by atoms with Gasteiger partial charge in [0.05, 0.1) is 6.04 Å². The molecule has 0 fully saturated rings. The van der Waals surface area contributed by atoms with Gasteiger partial charge in [0.1, 0.15) is 12.1 Å². The third kappa shape index (κ3) is 13.1. The van der Waals surface area contributed by atoms with Gasteiger partial charge in [-0.25, -0.2) is 4.79 Å². The molecule has 0 aliphatic rings. The Balaban J connectivity index is 4.98. The Morgan fingerprint density at radius 3 is 2.13 bits per heavy atom. The fourth-order valence-electron chi connectivity index (χ4n) is 2.50. The number of hydrogen-bond donors (Lipinski definition) is 7. The highest BCUT2D eigenvalue weighted by atomic mass is 32.2. The summed E-state index contributed by atoms with van der Waals surface area (Å²) in [7, 11) is -1.09. The standard InChI is InChI=1S/C17H35N7O5S/c1-30(29)10-7-11(19)14(25)23-12(5-2-3-8-18)15(26)24-13(16(27)28)6-4-9-22-17(20)21/h11-13H,2-10,18-19H2,1H3,(H,23,25)(H,24,26)(H,27,28)(H4,20,21,22). The van der Waals surface area contributed by atoms with E-state index in [2.05, 4.69) is 15.6 Å². The third-order valence-electron chi connectivity index (χ3n) is 4.19. The average molecular weight is 450 g/mol. The summed E-state index contributed by atoms with van der Waals surface area (Å²) in [5.41, 5.74) is 21.7. The van der Waals surface area contributed by atoms with E-state index in [1.54, 1.807) is 0 Å². The molecule has 174 valence electrons. The molecule has 0 saturated heterocycles. The lowest BCUT2D eigenvalue weighted by Crippen LogP contribution is -2.54. The van der Waals surface area contributed by atoms with Gasteiger partial charge in [0.25, 0.3) is 0 Å². The SMILES string of the molecule is CS(=O)CCC(N)C(=O)NC(CCCCN)C(=O)NC(CCCN=C(N)N)C(=O)O. The zero-order chi connectivity index (χ0) is 23.1. The lowest BCUT2D eigenvalue weighted by atomic mass is 10.1. The molecule has 4 atom stereocenters. The number of hydrogen-bond acceptors (Lipinski definition) is 7. The Morgan fingerprint density at radius 2 is 1.60 bits per heavy atom. The zero-order valence-electron chi connectivity index (χ0n) is 17.3. The van der Waals surface area contributed by atoms with Gasteiger partial charge < -0.3 is 38.7 Å². The maximum Gasteiger partial charge on any atom is 0.326 e. The summed E-state index contributed by atoms with van der Waals surface area (Å²) in [6.45, 7) is 0.652. The van der Waals surface area contributed by atoms with Crippen LogP contribution in [0.15, 0.2) is 4.99 Å². The monoisotopic (exact) mass is 449 g/mol. The number of guanidine groups is 1. The summed E-state index contributed by atoms with van der Waals surface area (Å²) in [6.07, 6.45) is 3.65. The molecule has 30 heavy (non-hydrogen) atoms. The van der Waals surface area contributed by atoms with Gasteiger partial charge >= 0.3 is 5.97 Å².